The summed E-state index contributed by atoms with van der Waals surface area (Å²) >= 11 is 7.07. The summed E-state index contributed by atoms with van der Waals surface area (Å²) in [5.41, 5.74) is -0.527. The standard InChI is InChI=1S/C22H15ClFN3O4S/c1-2-31-22(30)18-15-11-32-20(25-19(28)14-8-3-4-9-16(14)24)17(15)21(29)27(26-18)13-7-5-6-12(23)10-13/h3-11H,2H2,1H3,(H,25,28). The van der Waals surface area contributed by atoms with Crippen LogP contribution >= 0.6 is 22.9 Å². The Morgan fingerprint density at radius 1 is 1.22 bits per heavy atom. The third-order valence-electron chi connectivity index (χ3n) is 4.52. The van der Waals surface area contributed by atoms with Crippen LogP contribution in [0.4, 0.5) is 9.39 Å². The van der Waals surface area contributed by atoms with E-state index in [0.717, 1.165) is 22.1 Å². The zero-order chi connectivity index (χ0) is 22.8. The number of anilines is 1. The molecule has 0 fully saturated rings. The first kappa shape index (κ1) is 21.7. The molecule has 1 N–H and O–H groups in total. The minimum atomic E-state index is -0.727. The van der Waals surface area contributed by atoms with E-state index in [1.165, 1.54) is 29.6 Å². The maximum Gasteiger partial charge on any atom is 0.359 e. The fourth-order valence-electron chi connectivity index (χ4n) is 3.09. The molecule has 2 aromatic carbocycles. The molecule has 0 bridgehead atoms. The third kappa shape index (κ3) is 4.00. The number of amides is 1. The monoisotopic (exact) mass is 471 g/mol. The Hall–Kier alpha value is -3.56. The topological polar surface area (TPSA) is 90.3 Å². The van der Waals surface area contributed by atoms with E-state index >= 15 is 0 Å². The molecule has 2 aromatic heterocycles. The van der Waals surface area contributed by atoms with E-state index < -0.39 is 23.3 Å². The molecular formula is C22H15ClFN3O4S. The summed E-state index contributed by atoms with van der Waals surface area (Å²) < 4.78 is 20.1. The molecule has 2 heterocycles. The first-order valence-electron chi connectivity index (χ1n) is 9.44. The van der Waals surface area contributed by atoms with Crippen LogP contribution in [-0.4, -0.2) is 28.3 Å². The maximum absolute atomic E-state index is 14.0. The highest BCUT2D eigenvalue weighted by Gasteiger charge is 2.24. The van der Waals surface area contributed by atoms with E-state index in [1.807, 2.05) is 0 Å². The van der Waals surface area contributed by atoms with Gasteiger partial charge in [-0.15, -0.1) is 11.3 Å². The second-order valence-electron chi connectivity index (χ2n) is 6.55. The number of aromatic nitrogens is 2. The van der Waals surface area contributed by atoms with Gasteiger partial charge in [0.1, 0.15) is 10.8 Å². The zero-order valence-corrected chi connectivity index (χ0v) is 18.2. The van der Waals surface area contributed by atoms with Crippen LogP contribution in [0.2, 0.25) is 5.02 Å². The predicted octanol–water partition coefficient (Wildman–Crippen LogP) is 4.67. The maximum atomic E-state index is 14.0. The number of ether oxygens (including phenoxy) is 1. The summed E-state index contributed by atoms with van der Waals surface area (Å²) in [6, 6.07) is 11.9. The smallest absolute Gasteiger partial charge is 0.359 e. The van der Waals surface area contributed by atoms with Gasteiger partial charge in [0.15, 0.2) is 5.69 Å². The van der Waals surface area contributed by atoms with Gasteiger partial charge in [0.2, 0.25) is 0 Å². The lowest BCUT2D eigenvalue weighted by molar-refractivity contribution is 0.0520. The molecule has 1 amide bonds. The van der Waals surface area contributed by atoms with Crippen LogP contribution in [0.15, 0.2) is 58.7 Å². The van der Waals surface area contributed by atoms with Gasteiger partial charge in [-0.2, -0.15) is 9.78 Å². The summed E-state index contributed by atoms with van der Waals surface area (Å²) in [7, 11) is 0. The number of halogens is 2. The average molecular weight is 472 g/mol. The molecule has 0 unspecified atom stereocenters. The number of rotatable bonds is 5. The van der Waals surface area contributed by atoms with Gasteiger partial charge in [-0.3, -0.25) is 9.59 Å². The van der Waals surface area contributed by atoms with Crippen molar-refractivity contribution in [1.82, 2.24) is 9.78 Å². The van der Waals surface area contributed by atoms with Crippen molar-refractivity contribution in [3.63, 3.8) is 0 Å². The Balaban J connectivity index is 1.91. The molecule has 0 radical (unpaired) electrons. The molecule has 7 nitrogen and oxygen atoms in total. The van der Waals surface area contributed by atoms with Gasteiger partial charge in [-0.25, -0.2) is 9.18 Å². The number of carbonyl (C=O) groups excluding carboxylic acids is 2. The summed E-state index contributed by atoms with van der Waals surface area (Å²) in [5, 5.41) is 9.09. The van der Waals surface area contributed by atoms with E-state index in [0.29, 0.717) is 10.7 Å². The van der Waals surface area contributed by atoms with Crippen molar-refractivity contribution in [1.29, 1.82) is 0 Å². The SMILES string of the molecule is CCOC(=O)c1nn(-c2cccc(Cl)c2)c(=O)c2c(NC(=O)c3ccccc3F)scc12. The van der Waals surface area contributed by atoms with Crippen molar-refractivity contribution in [2.45, 2.75) is 6.92 Å². The first-order chi connectivity index (χ1) is 15.4. The number of hydrogen-bond donors (Lipinski definition) is 1. The minimum absolute atomic E-state index is 0.0534. The zero-order valence-electron chi connectivity index (χ0n) is 16.6. The number of benzene rings is 2. The van der Waals surface area contributed by atoms with Gasteiger partial charge in [0.25, 0.3) is 11.5 Å². The second kappa shape index (κ2) is 8.89. The summed E-state index contributed by atoms with van der Waals surface area (Å²) in [5.74, 6) is -2.15. The molecule has 0 spiro atoms. The fourth-order valence-corrected chi connectivity index (χ4v) is 4.21. The van der Waals surface area contributed by atoms with Gasteiger partial charge in [-0.1, -0.05) is 29.8 Å². The highest BCUT2D eigenvalue weighted by molar-refractivity contribution is 7.16. The van der Waals surface area contributed by atoms with E-state index in [1.54, 1.807) is 25.1 Å². The lowest BCUT2D eigenvalue weighted by atomic mass is 10.2. The molecule has 10 heteroatoms. The van der Waals surface area contributed by atoms with Gasteiger partial charge in [0.05, 0.1) is 23.2 Å². The van der Waals surface area contributed by atoms with Crippen molar-refractivity contribution >= 4 is 50.6 Å². The van der Waals surface area contributed by atoms with Crippen LogP contribution in [-0.2, 0) is 4.74 Å². The van der Waals surface area contributed by atoms with E-state index in [-0.39, 0.29) is 33.6 Å². The van der Waals surface area contributed by atoms with Crippen LogP contribution in [0.1, 0.15) is 27.8 Å². The van der Waals surface area contributed by atoms with Crippen molar-refractivity contribution < 1.29 is 18.7 Å². The normalized spacial score (nSPS) is 10.8. The number of carbonyl (C=O) groups is 2. The molecule has 0 saturated carbocycles. The third-order valence-corrected chi connectivity index (χ3v) is 5.65. The lowest BCUT2D eigenvalue weighted by Gasteiger charge is -2.10. The first-order valence-corrected chi connectivity index (χ1v) is 10.7. The summed E-state index contributed by atoms with van der Waals surface area (Å²) in [6.45, 7) is 1.76. The van der Waals surface area contributed by atoms with Crippen LogP contribution in [0.3, 0.4) is 0 Å². The largest absolute Gasteiger partial charge is 0.461 e. The van der Waals surface area contributed by atoms with Gasteiger partial charge in [-0.05, 0) is 37.3 Å². The number of nitrogens with zero attached hydrogens (tertiary/aromatic N) is 2. The molecule has 4 rings (SSSR count). The van der Waals surface area contributed by atoms with Gasteiger partial charge < -0.3 is 10.1 Å². The summed E-state index contributed by atoms with van der Waals surface area (Å²) in [4.78, 5) is 38.5. The number of thiophene rings is 1. The van der Waals surface area contributed by atoms with Crippen LogP contribution < -0.4 is 10.9 Å². The van der Waals surface area contributed by atoms with Crippen molar-refractivity contribution in [2.24, 2.45) is 0 Å². The highest BCUT2D eigenvalue weighted by atomic mass is 35.5. The Morgan fingerprint density at radius 2 is 2.00 bits per heavy atom. The fraction of sp³-hybridized carbons (Fsp3) is 0.0909. The Morgan fingerprint density at radius 3 is 2.72 bits per heavy atom. The average Bonchev–Trinajstić information content (AvgIpc) is 3.18. The van der Waals surface area contributed by atoms with Crippen molar-refractivity contribution in [3.05, 3.63) is 86.4 Å². The highest BCUT2D eigenvalue weighted by Crippen LogP contribution is 2.31. The molecule has 0 saturated heterocycles. The molecule has 0 atom stereocenters. The van der Waals surface area contributed by atoms with E-state index in [9.17, 15) is 18.8 Å². The molecule has 0 aliphatic carbocycles. The predicted molar refractivity (Wildman–Crippen MR) is 121 cm³/mol. The Kier molecular flexibility index (Phi) is 6.02. The molecule has 32 heavy (non-hydrogen) atoms. The number of fused-ring (bicyclic) bond motifs is 1. The van der Waals surface area contributed by atoms with Crippen LogP contribution in [0, 0.1) is 5.82 Å². The Labute approximate surface area is 190 Å². The number of nitrogens with one attached hydrogen (secondary N) is 1. The molecule has 0 aliphatic rings. The molecular weight excluding hydrogens is 457 g/mol. The second-order valence-corrected chi connectivity index (χ2v) is 7.87. The Bertz CT molecular complexity index is 1420. The van der Waals surface area contributed by atoms with Crippen molar-refractivity contribution in [2.75, 3.05) is 11.9 Å². The van der Waals surface area contributed by atoms with Crippen LogP contribution in [0.5, 0.6) is 0 Å². The van der Waals surface area contributed by atoms with Crippen molar-refractivity contribution in [3.8, 4) is 5.69 Å². The van der Waals surface area contributed by atoms with Crippen LogP contribution in [0.25, 0.3) is 16.5 Å². The van der Waals surface area contributed by atoms with E-state index in [4.69, 9.17) is 16.3 Å². The van der Waals surface area contributed by atoms with Gasteiger partial charge >= 0.3 is 5.97 Å². The number of hydrogen-bond acceptors (Lipinski definition) is 6. The number of esters is 1. The molecule has 0 aliphatic heterocycles. The van der Waals surface area contributed by atoms with Gasteiger partial charge in [0, 0.05) is 15.8 Å². The molecule has 4 aromatic rings. The van der Waals surface area contributed by atoms with E-state index in [2.05, 4.69) is 10.4 Å². The minimum Gasteiger partial charge on any atom is -0.461 e. The lowest BCUT2D eigenvalue weighted by Crippen LogP contribution is -2.25. The summed E-state index contributed by atoms with van der Waals surface area (Å²) in [6.07, 6.45) is 0. The molecule has 162 valence electrons. The quantitative estimate of drug-likeness (QED) is 0.427.